The Kier molecular flexibility index (Phi) is 4.52. The first-order valence-corrected chi connectivity index (χ1v) is 8.74. The van der Waals surface area contributed by atoms with E-state index in [2.05, 4.69) is 15.3 Å². The van der Waals surface area contributed by atoms with Gasteiger partial charge in [-0.1, -0.05) is 41.9 Å². The van der Waals surface area contributed by atoms with Crippen LogP contribution in [0.25, 0.3) is 10.9 Å². The summed E-state index contributed by atoms with van der Waals surface area (Å²) in [4.78, 5) is 8.49. The summed E-state index contributed by atoms with van der Waals surface area (Å²) in [6.45, 7) is 0. The SMILES string of the molecule is Oc1cccnc1N[C@@H](c1ccc(Cl)cc1)c1ccc2cccnc2c1O. The van der Waals surface area contributed by atoms with Crippen LogP contribution in [0.4, 0.5) is 5.82 Å². The maximum Gasteiger partial charge on any atom is 0.169 e. The molecule has 0 radical (unpaired) electrons. The Morgan fingerprint density at radius 3 is 2.37 bits per heavy atom. The number of aromatic hydroxyl groups is 2. The van der Waals surface area contributed by atoms with Crippen LogP contribution >= 0.6 is 11.6 Å². The quantitative estimate of drug-likeness (QED) is 0.471. The zero-order valence-corrected chi connectivity index (χ0v) is 14.9. The van der Waals surface area contributed by atoms with Crippen molar-refractivity contribution >= 4 is 28.3 Å². The van der Waals surface area contributed by atoms with Crippen LogP contribution in [-0.4, -0.2) is 20.2 Å². The highest BCUT2D eigenvalue weighted by atomic mass is 35.5. The number of phenolic OH excluding ortho intramolecular Hbond substituents is 1. The molecule has 0 aliphatic rings. The van der Waals surface area contributed by atoms with Crippen molar-refractivity contribution in [3.05, 3.63) is 89.2 Å². The van der Waals surface area contributed by atoms with Gasteiger partial charge in [0.2, 0.25) is 0 Å². The second-order valence-corrected chi connectivity index (χ2v) is 6.51. The molecule has 0 saturated carbocycles. The number of hydrogen-bond donors (Lipinski definition) is 3. The van der Waals surface area contributed by atoms with Crippen molar-refractivity contribution in [2.75, 3.05) is 5.32 Å². The highest BCUT2D eigenvalue weighted by Gasteiger charge is 2.21. The Labute approximate surface area is 160 Å². The molecule has 4 aromatic rings. The summed E-state index contributed by atoms with van der Waals surface area (Å²) in [5.74, 6) is 0.420. The summed E-state index contributed by atoms with van der Waals surface area (Å²) >= 11 is 6.03. The number of pyridine rings is 2. The van der Waals surface area contributed by atoms with Crippen molar-refractivity contribution < 1.29 is 10.2 Å². The van der Waals surface area contributed by atoms with Crippen LogP contribution in [0.2, 0.25) is 5.02 Å². The molecule has 0 spiro atoms. The predicted octanol–water partition coefficient (Wildman–Crippen LogP) is 4.90. The third-order valence-electron chi connectivity index (χ3n) is 4.36. The second-order valence-electron chi connectivity index (χ2n) is 6.08. The summed E-state index contributed by atoms with van der Waals surface area (Å²) in [5.41, 5.74) is 1.99. The molecule has 134 valence electrons. The van der Waals surface area contributed by atoms with Crippen molar-refractivity contribution in [2.45, 2.75) is 6.04 Å². The monoisotopic (exact) mass is 377 g/mol. The maximum absolute atomic E-state index is 10.9. The van der Waals surface area contributed by atoms with Gasteiger partial charge in [-0.05, 0) is 35.9 Å². The van der Waals surface area contributed by atoms with E-state index in [1.165, 1.54) is 0 Å². The van der Waals surface area contributed by atoms with Crippen molar-refractivity contribution in [2.24, 2.45) is 0 Å². The molecule has 2 aromatic heterocycles. The number of fused-ring (bicyclic) bond motifs is 1. The fraction of sp³-hybridized carbons (Fsp3) is 0.0476. The summed E-state index contributed by atoms with van der Waals surface area (Å²) in [5, 5.41) is 25.7. The van der Waals surface area contributed by atoms with Crippen LogP contribution in [-0.2, 0) is 0 Å². The van der Waals surface area contributed by atoms with Crippen LogP contribution in [0.5, 0.6) is 11.5 Å². The molecule has 0 aliphatic carbocycles. The molecule has 0 bridgehead atoms. The Hall–Kier alpha value is -3.31. The lowest BCUT2D eigenvalue weighted by atomic mass is 9.96. The molecule has 5 nitrogen and oxygen atoms in total. The molecular weight excluding hydrogens is 362 g/mol. The average Bonchev–Trinajstić information content (AvgIpc) is 2.69. The van der Waals surface area contributed by atoms with Gasteiger partial charge in [0.1, 0.15) is 11.3 Å². The van der Waals surface area contributed by atoms with Crippen molar-refractivity contribution in [3.8, 4) is 11.5 Å². The lowest BCUT2D eigenvalue weighted by Crippen LogP contribution is -2.14. The summed E-state index contributed by atoms with van der Waals surface area (Å²) < 4.78 is 0. The number of phenols is 1. The molecule has 0 aliphatic heterocycles. The van der Waals surface area contributed by atoms with E-state index in [0.29, 0.717) is 21.9 Å². The van der Waals surface area contributed by atoms with Gasteiger partial charge in [-0.25, -0.2) is 4.98 Å². The van der Waals surface area contributed by atoms with Crippen molar-refractivity contribution in [1.29, 1.82) is 0 Å². The Balaban J connectivity index is 1.86. The number of halogens is 1. The fourth-order valence-electron chi connectivity index (χ4n) is 3.02. The molecule has 2 aromatic carbocycles. The van der Waals surface area contributed by atoms with Crippen LogP contribution < -0.4 is 5.32 Å². The molecule has 27 heavy (non-hydrogen) atoms. The lowest BCUT2D eigenvalue weighted by molar-refractivity contribution is 0.468. The molecule has 0 amide bonds. The number of anilines is 1. The van der Waals surface area contributed by atoms with E-state index in [4.69, 9.17) is 11.6 Å². The van der Waals surface area contributed by atoms with Gasteiger partial charge in [0.15, 0.2) is 11.6 Å². The van der Waals surface area contributed by atoms with Crippen LogP contribution in [0, 0.1) is 0 Å². The maximum atomic E-state index is 10.9. The van der Waals surface area contributed by atoms with Crippen LogP contribution in [0.3, 0.4) is 0 Å². The van der Waals surface area contributed by atoms with E-state index in [1.807, 2.05) is 36.4 Å². The van der Waals surface area contributed by atoms with Gasteiger partial charge in [0.25, 0.3) is 0 Å². The van der Waals surface area contributed by atoms with Gasteiger partial charge in [0.05, 0.1) is 6.04 Å². The number of aromatic nitrogens is 2. The molecule has 0 saturated heterocycles. The first kappa shape index (κ1) is 17.1. The minimum absolute atomic E-state index is 0.0230. The lowest BCUT2D eigenvalue weighted by Gasteiger charge is -2.22. The van der Waals surface area contributed by atoms with Gasteiger partial charge in [-0.15, -0.1) is 0 Å². The van der Waals surface area contributed by atoms with E-state index < -0.39 is 6.04 Å². The zero-order chi connectivity index (χ0) is 18.8. The van der Waals surface area contributed by atoms with E-state index in [9.17, 15) is 10.2 Å². The molecule has 6 heteroatoms. The van der Waals surface area contributed by atoms with Gasteiger partial charge >= 0.3 is 0 Å². The molecular formula is C21H16ClN3O2. The minimum atomic E-state index is -0.463. The fourth-order valence-corrected chi connectivity index (χ4v) is 3.14. The van der Waals surface area contributed by atoms with Gasteiger partial charge in [-0.2, -0.15) is 0 Å². The van der Waals surface area contributed by atoms with E-state index in [1.54, 1.807) is 36.7 Å². The average molecular weight is 378 g/mol. The number of hydrogen-bond acceptors (Lipinski definition) is 5. The highest BCUT2D eigenvalue weighted by molar-refractivity contribution is 6.30. The Morgan fingerprint density at radius 2 is 1.59 bits per heavy atom. The van der Waals surface area contributed by atoms with Crippen molar-refractivity contribution in [1.82, 2.24) is 9.97 Å². The van der Waals surface area contributed by atoms with Crippen LogP contribution in [0.15, 0.2) is 73.1 Å². The highest BCUT2D eigenvalue weighted by Crippen LogP contribution is 2.37. The van der Waals surface area contributed by atoms with Gasteiger partial charge in [0, 0.05) is 28.4 Å². The first-order valence-electron chi connectivity index (χ1n) is 8.36. The summed E-state index contributed by atoms with van der Waals surface area (Å²) in [6.07, 6.45) is 3.23. The van der Waals surface area contributed by atoms with E-state index in [0.717, 1.165) is 10.9 Å². The molecule has 3 N–H and O–H groups in total. The van der Waals surface area contributed by atoms with E-state index in [-0.39, 0.29) is 11.5 Å². The van der Waals surface area contributed by atoms with Crippen LogP contribution in [0.1, 0.15) is 17.2 Å². The van der Waals surface area contributed by atoms with Gasteiger partial charge in [-0.3, -0.25) is 4.98 Å². The zero-order valence-electron chi connectivity index (χ0n) is 14.2. The largest absolute Gasteiger partial charge is 0.505 e. The second kappa shape index (κ2) is 7.13. The predicted molar refractivity (Wildman–Crippen MR) is 106 cm³/mol. The standard InChI is InChI=1S/C21H16ClN3O2/c22-15-8-5-14(6-9-15)18(25-21-17(26)4-2-12-24-21)16-10-7-13-3-1-11-23-19(13)20(16)27/h1-12,18,26-27H,(H,24,25)/t18-/m0/s1. The summed E-state index contributed by atoms with van der Waals surface area (Å²) in [6, 6.07) is 17.5. The first-order chi connectivity index (χ1) is 13.1. The Morgan fingerprint density at radius 1 is 0.852 bits per heavy atom. The third kappa shape index (κ3) is 3.37. The molecule has 0 unspecified atom stereocenters. The smallest absolute Gasteiger partial charge is 0.169 e. The number of nitrogens with zero attached hydrogens (tertiary/aromatic N) is 2. The normalized spacial score (nSPS) is 12.0. The topological polar surface area (TPSA) is 78.3 Å². The molecule has 1 atom stereocenters. The summed E-state index contributed by atoms with van der Waals surface area (Å²) in [7, 11) is 0. The minimum Gasteiger partial charge on any atom is -0.505 e. The third-order valence-corrected chi connectivity index (χ3v) is 4.61. The van der Waals surface area contributed by atoms with E-state index >= 15 is 0 Å². The van der Waals surface area contributed by atoms with Gasteiger partial charge < -0.3 is 15.5 Å². The van der Waals surface area contributed by atoms with Crippen molar-refractivity contribution in [3.63, 3.8) is 0 Å². The molecule has 2 heterocycles. The molecule has 0 fully saturated rings. The number of rotatable bonds is 4. The Bertz CT molecular complexity index is 1100. The number of nitrogens with one attached hydrogen (secondary N) is 1. The molecule has 4 rings (SSSR count). The number of benzene rings is 2.